The SMILES string of the molecule is Cc1ccc(C(C)(N)c2cccc(Br)c2)cc1F. The summed E-state index contributed by atoms with van der Waals surface area (Å²) >= 11 is 3.42. The van der Waals surface area contributed by atoms with Gasteiger partial charge in [0.15, 0.2) is 0 Å². The molecule has 1 nitrogen and oxygen atoms in total. The minimum absolute atomic E-state index is 0.223. The molecule has 2 aromatic rings. The Morgan fingerprint density at radius 3 is 2.39 bits per heavy atom. The first-order valence-electron chi connectivity index (χ1n) is 5.73. The molecule has 2 N–H and O–H groups in total. The number of aryl methyl sites for hydroxylation is 1. The predicted octanol–water partition coefficient (Wildman–Crippen LogP) is 4.12. The summed E-state index contributed by atoms with van der Waals surface area (Å²) in [6, 6.07) is 12.9. The van der Waals surface area contributed by atoms with E-state index in [0.29, 0.717) is 5.56 Å². The van der Waals surface area contributed by atoms with E-state index in [1.807, 2.05) is 37.3 Å². The van der Waals surface area contributed by atoms with Crippen LogP contribution in [-0.2, 0) is 5.54 Å². The van der Waals surface area contributed by atoms with Gasteiger partial charge in [-0.05, 0) is 48.7 Å². The van der Waals surface area contributed by atoms with Gasteiger partial charge in [-0.2, -0.15) is 0 Å². The van der Waals surface area contributed by atoms with E-state index in [1.54, 1.807) is 13.0 Å². The lowest BCUT2D eigenvalue weighted by Crippen LogP contribution is -2.34. The van der Waals surface area contributed by atoms with Crippen LogP contribution in [0.5, 0.6) is 0 Å². The van der Waals surface area contributed by atoms with Crippen LogP contribution in [0.15, 0.2) is 46.9 Å². The summed E-state index contributed by atoms with van der Waals surface area (Å²) < 4.78 is 14.6. The second-order valence-corrected chi connectivity index (χ2v) is 5.59. The first-order chi connectivity index (χ1) is 8.41. The Morgan fingerprint density at radius 2 is 1.78 bits per heavy atom. The fourth-order valence-electron chi connectivity index (χ4n) is 1.89. The molecule has 0 bridgehead atoms. The molecule has 0 aliphatic heterocycles. The third-order valence-electron chi connectivity index (χ3n) is 3.20. The van der Waals surface area contributed by atoms with Gasteiger partial charge in [0.2, 0.25) is 0 Å². The van der Waals surface area contributed by atoms with Crippen LogP contribution >= 0.6 is 15.9 Å². The number of benzene rings is 2. The average Bonchev–Trinajstić information content (AvgIpc) is 2.32. The first-order valence-corrected chi connectivity index (χ1v) is 6.52. The van der Waals surface area contributed by atoms with Crippen molar-refractivity contribution in [3.05, 3.63) is 69.4 Å². The van der Waals surface area contributed by atoms with E-state index in [4.69, 9.17) is 5.73 Å². The number of hydrogen-bond donors (Lipinski definition) is 1. The number of nitrogens with two attached hydrogens (primary N) is 1. The lowest BCUT2D eigenvalue weighted by atomic mass is 9.85. The number of rotatable bonds is 2. The molecule has 0 saturated carbocycles. The molecule has 3 heteroatoms. The summed E-state index contributed by atoms with van der Waals surface area (Å²) in [5, 5.41) is 0. The smallest absolute Gasteiger partial charge is 0.126 e. The highest BCUT2D eigenvalue weighted by Crippen LogP contribution is 2.29. The van der Waals surface area contributed by atoms with Crippen LogP contribution in [0.1, 0.15) is 23.6 Å². The molecule has 0 amide bonds. The van der Waals surface area contributed by atoms with Crippen molar-refractivity contribution >= 4 is 15.9 Å². The minimum atomic E-state index is -0.710. The number of halogens is 2. The highest BCUT2D eigenvalue weighted by Gasteiger charge is 2.24. The van der Waals surface area contributed by atoms with Crippen molar-refractivity contribution in [2.75, 3.05) is 0 Å². The topological polar surface area (TPSA) is 26.0 Å². The van der Waals surface area contributed by atoms with Crippen LogP contribution in [0.4, 0.5) is 4.39 Å². The van der Waals surface area contributed by atoms with Crippen molar-refractivity contribution in [3.63, 3.8) is 0 Å². The summed E-state index contributed by atoms with van der Waals surface area (Å²) in [6.45, 7) is 3.63. The maximum absolute atomic E-state index is 13.6. The molecule has 0 aliphatic carbocycles. The van der Waals surface area contributed by atoms with Gasteiger partial charge in [-0.25, -0.2) is 4.39 Å². The van der Waals surface area contributed by atoms with Crippen LogP contribution in [0.2, 0.25) is 0 Å². The lowest BCUT2D eigenvalue weighted by molar-refractivity contribution is 0.577. The van der Waals surface area contributed by atoms with Gasteiger partial charge in [0.1, 0.15) is 5.82 Å². The van der Waals surface area contributed by atoms with E-state index in [9.17, 15) is 4.39 Å². The largest absolute Gasteiger partial charge is 0.318 e. The summed E-state index contributed by atoms with van der Waals surface area (Å²) in [7, 11) is 0. The van der Waals surface area contributed by atoms with E-state index in [0.717, 1.165) is 15.6 Å². The van der Waals surface area contributed by atoms with Crippen molar-refractivity contribution in [2.24, 2.45) is 5.73 Å². The minimum Gasteiger partial charge on any atom is -0.318 e. The van der Waals surface area contributed by atoms with Crippen molar-refractivity contribution in [1.29, 1.82) is 0 Å². The van der Waals surface area contributed by atoms with Gasteiger partial charge in [-0.3, -0.25) is 0 Å². The Bertz CT molecular complexity index is 578. The summed E-state index contributed by atoms with van der Waals surface area (Å²) in [6.07, 6.45) is 0. The van der Waals surface area contributed by atoms with Gasteiger partial charge in [0, 0.05) is 4.47 Å². The Kier molecular flexibility index (Phi) is 3.55. The third-order valence-corrected chi connectivity index (χ3v) is 3.69. The zero-order valence-corrected chi connectivity index (χ0v) is 12.0. The van der Waals surface area contributed by atoms with Crippen molar-refractivity contribution in [2.45, 2.75) is 19.4 Å². The van der Waals surface area contributed by atoms with E-state index in [2.05, 4.69) is 15.9 Å². The maximum atomic E-state index is 13.6. The molecule has 1 unspecified atom stereocenters. The Balaban J connectivity index is 2.50. The predicted molar refractivity (Wildman–Crippen MR) is 75.9 cm³/mol. The second-order valence-electron chi connectivity index (χ2n) is 4.68. The van der Waals surface area contributed by atoms with Crippen molar-refractivity contribution in [1.82, 2.24) is 0 Å². The van der Waals surface area contributed by atoms with Crippen LogP contribution in [0.3, 0.4) is 0 Å². The summed E-state index contributed by atoms with van der Waals surface area (Å²) in [5.74, 6) is -0.223. The van der Waals surface area contributed by atoms with Gasteiger partial charge in [0.05, 0.1) is 5.54 Å². The molecule has 18 heavy (non-hydrogen) atoms. The van der Waals surface area contributed by atoms with Gasteiger partial charge < -0.3 is 5.73 Å². The fraction of sp³-hybridized carbons (Fsp3) is 0.200. The van der Waals surface area contributed by atoms with Crippen LogP contribution in [-0.4, -0.2) is 0 Å². The summed E-state index contributed by atoms with van der Waals surface area (Å²) in [5.41, 5.74) is 7.99. The van der Waals surface area contributed by atoms with Gasteiger partial charge in [0.25, 0.3) is 0 Å². The molecule has 0 saturated heterocycles. The van der Waals surface area contributed by atoms with Gasteiger partial charge >= 0.3 is 0 Å². The normalized spacial score (nSPS) is 14.3. The molecule has 94 valence electrons. The fourth-order valence-corrected chi connectivity index (χ4v) is 2.29. The standard InChI is InChI=1S/C15H15BrFN/c1-10-6-7-12(9-14(10)17)15(2,18)11-4-3-5-13(16)8-11/h3-9H,18H2,1-2H3. The molecule has 0 aliphatic rings. The van der Waals surface area contributed by atoms with Crippen molar-refractivity contribution < 1.29 is 4.39 Å². The monoisotopic (exact) mass is 307 g/mol. The highest BCUT2D eigenvalue weighted by atomic mass is 79.9. The lowest BCUT2D eigenvalue weighted by Gasteiger charge is -2.26. The molecule has 0 heterocycles. The molecule has 0 radical (unpaired) electrons. The summed E-state index contributed by atoms with van der Waals surface area (Å²) in [4.78, 5) is 0. The highest BCUT2D eigenvalue weighted by molar-refractivity contribution is 9.10. The van der Waals surface area contributed by atoms with E-state index in [-0.39, 0.29) is 5.82 Å². The van der Waals surface area contributed by atoms with Crippen molar-refractivity contribution in [3.8, 4) is 0 Å². The van der Waals surface area contributed by atoms with Gasteiger partial charge in [-0.1, -0.05) is 40.2 Å². The molecule has 2 rings (SSSR count). The van der Waals surface area contributed by atoms with E-state index in [1.165, 1.54) is 6.07 Å². The Hall–Kier alpha value is -1.19. The molecular weight excluding hydrogens is 293 g/mol. The van der Waals surface area contributed by atoms with E-state index >= 15 is 0 Å². The van der Waals surface area contributed by atoms with Crippen LogP contribution in [0, 0.1) is 12.7 Å². The zero-order valence-electron chi connectivity index (χ0n) is 10.4. The molecule has 1 atom stereocenters. The third kappa shape index (κ3) is 2.47. The molecule has 2 aromatic carbocycles. The first kappa shape index (κ1) is 13.2. The zero-order chi connectivity index (χ0) is 13.3. The maximum Gasteiger partial charge on any atom is 0.126 e. The molecule has 0 fully saturated rings. The van der Waals surface area contributed by atoms with E-state index < -0.39 is 5.54 Å². The average molecular weight is 308 g/mol. The van der Waals surface area contributed by atoms with Gasteiger partial charge in [-0.15, -0.1) is 0 Å². The molecule has 0 spiro atoms. The number of hydrogen-bond acceptors (Lipinski definition) is 1. The molecular formula is C15H15BrFN. The Labute approximate surface area is 115 Å². The van der Waals surface area contributed by atoms with Crippen LogP contribution < -0.4 is 5.73 Å². The molecule has 0 aromatic heterocycles. The van der Waals surface area contributed by atoms with Crippen LogP contribution in [0.25, 0.3) is 0 Å². The Morgan fingerprint density at radius 1 is 1.11 bits per heavy atom. The quantitative estimate of drug-likeness (QED) is 0.887. The second kappa shape index (κ2) is 4.82.